The lowest BCUT2D eigenvalue weighted by Gasteiger charge is -2.15. The average molecular weight is 239 g/mol. The van der Waals surface area contributed by atoms with Crippen LogP contribution in [0.15, 0.2) is 18.3 Å². The van der Waals surface area contributed by atoms with Crippen LogP contribution in [0, 0.1) is 16.7 Å². The minimum Gasteiger partial charge on any atom is -0.492 e. The van der Waals surface area contributed by atoms with Gasteiger partial charge in [0.05, 0.1) is 35.9 Å². The number of hydrogen-bond acceptors (Lipinski definition) is 3. The van der Waals surface area contributed by atoms with E-state index >= 15 is 0 Å². The minimum atomic E-state index is -0.344. The Hall–Kier alpha value is -1.27. The Kier molecular flexibility index (Phi) is 4.57. The number of nitriles is 1. The molecule has 0 aliphatic heterocycles. The van der Waals surface area contributed by atoms with Crippen molar-refractivity contribution in [3.63, 3.8) is 0 Å². The first-order valence-corrected chi connectivity index (χ1v) is 5.66. The summed E-state index contributed by atoms with van der Waals surface area (Å²) in [4.78, 5) is 4.11. The largest absolute Gasteiger partial charge is 0.492 e. The molecule has 4 heteroatoms. The normalized spacial score (nSPS) is 10.9. The molecule has 1 aromatic rings. The second-order valence-corrected chi connectivity index (χ2v) is 4.48. The van der Waals surface area contributed by atoms with E-state index in [1.165, 1.54) is 0 Å². The molecule has 1 heterocycles. The van der Waals surface area contributed by atoms with Gasteiger partial charge < -0.3 is 4.74 Å². The van der Waals surface area contributed by atoms with E-state index in [0.29, 0.717) is 24.7 Å². The van der Waals surface area contributed by atoms with Gasteiger partial charge >= 0.3 is 0 Å². The van der Waals surface area contributed by atoms with Gasteiger partial charge in [0.2, 0.25) is 0 Å². The Morgan fingerprint density at radius 2 is 2.25 bits per heavy atom. The lowest BCUT2D eigenvalue weighted by Crippen LogP contribution is -2.13. The van der Waals surface area contributed by atoms with Crippen LogP contribution in [-0.2, 0) is 5.88 Å². The van der Waals surface area contributed by atoms with Gasteiger partial charge in [0, 0.05) is 0 Å². The zero-order valence-corrected chi connectivity index (χ0v) is 10.3. The standard InChI is InChI=1S/C12H15ClN2O/c1-12(2,9-14)5-6-16-11-4-3-10(7-13)15-8-11/h3-4,8H,5-7H2,1-2H3. The predicted molar refractivity (Wildman–Crippen MR) is 63.3 cm³/mol. The molecule has 0 aliphatic carbocycles. The van der Waals surface area contributed by atoms with Gasteiger partial charge in [-0.2, -0.15) is 5.26 Å². The number of halogens is 1. The quantitative estimate of drug-likeness (QED) is 0.741. The molecule has 1 aromatic heterocycles. The smallest absolute Gasteiger partial charge is 0.137 e. The van der Waals surface area contributed by atoms with Crippen molar-refractivity contribution < 1.29 is 4.74 Å². The van der Waals surface area contributed by atoms with Gasteiger partial charge in [-0.1, -0.05) is 0 Å². The lowest BCUT2D eigenvalue weighted by molar-refractivity contribution is 0.263. The van der Waals surface area contributed by atoms with Gasteiger partial charge in [-0.15, -0.1) is 11.6 Å². The summed E-state index contributed by atoms with van der Waals surface area (Å²) in [6, 6.07) is 5.90. The maximum Gasteiger partial charge on any atom is 0.137 e. The van der Waals surface area contributed by atoms with Gasteiger partial charge in [0.1, 0.15) is 5.75 Å². The molecule has 0 saturated carbocycles. The molecule has 0 fully saturated rings. The summed E-state index contributed by atoms with van der Waals surface area (Å²) in [7, 11) is 0. The highest BCUT2D eigenvalue weighted by molar-refractivity contribution is 6.16. The van der Waals surface area contributed by atoms with E-state index in [4.69, 9.17) is 21.6 Å². The van der Waals surface area contributed by atoms with E-state index < -0.39 is 0 Å². The van der Waals surface area contributed by atoms with E-state index in [9.17, 15) is 0 Å². The summed E-state index contributed by atoms with van der Waals surface area (Å²) in [5.41, 5.74) is 0.482. The van der Waals surface area contributed by atoms with Crippen LogP contribution in [0.5, 0.6) is 5.75 Å². The first kappa shape index (κ1) is 12.8. The summed E-state index contributed by atoms with van der Waals surface area (Å²) in [5, 5.41) is 8.83. The maximum atomic E-state index is 8.83. The van der Waals surface area contributed by atoms with E-state index in [-0.39, 0.29) is 5.41 Å². The molecular weight excluding hydrogens is 224 g/mol. The highest BCUT2D eigenvalue weighted by atomic mass is 35.5. The van der Waals surface area contributed by atoms with Crippen LogP contribution in [0.4, 0.5) is 0 Å². The van der Waals surface area contributed by atoms with E-state index in [2.05, 4.69) is 11.1 Å². The van der Waals surface area contributed by atoms with Crippen molar-refractivity contribution in [3.8, 4) is 11.8 Å². The Morgan fingerprint density at radius 1 is 1.50 bits per heavy atom. The van der Waals surface area contributed by atoms with Crippen LogP contribution in [0.2, 0.25) is 0 Å². The zero-order valence-electron chi connectivity index (χ0n) is 9.53. The van der Waals surface area contributed by atoms with Crippen molar-refractivity contribution in [3.05, 3.63) is 24.0 Å². The summed E-state index contributed by atoms with van der Waals surface area (Å²) < 4.78 is 5.49. The molecule has 0 saturated heterocycles. The van der Waals surface area contributed by atoms with Crippen molar-refractivity contribution in [2.24, 2.45) is 5.41 Å². The van der Waals surface area contributed by atoms with Crippen LogP contribution in [0.3, 0.4) is 0 Å². The molecule has 0 spiro atoms. The van der Waals surface area contributed by atoms with Crippen LogP contribution >= 0.6 is 11.6 Å². The zero-order chi connectivity index (χ0) is 12.0. The van der Waals surface area contributed by atoms with Crippen molar-refractivity contribution in [2.75, 3.05) is 6.61 Å². The summed E-state index contributed by atoms with van der Waals surface area (Å²) >= 11 is 5.62. The Bertz CT molecular complexity index is 368. The topological polar surface area (TPSA) is 45.9 Å². The summed E-state index contributed by atoms with van der Waals surface area (Å²) in [6.45, 7) is 4.30. The van der Waals surface area contributed by atoms with Gasteiger partial charge in [-0.25, -0.2) is 0 Å². The molecule has 0 aromatic carbocycles. The third-order valence-electron chi connectivity index (χ3n) is 2.23. The second kappa shape index (κ2) is 5.72. The van der Waals surface area contributed by atoms with Gasteiger partial charge in [-0.05, 0) is 32.4 Å². The average Bonchev–Trinajstić information content (AvgIpc) is 2.30. The molecule has 0 unspecified atom stereocenters. The first-order chi connectivity index (χ1) is 7.57. The Labute approximate surface area is 101 Å². The first-order valence-electron chi connectivity index (χ1n) is 5.12. The second-order valence-electron chi connectivity index (χ2n) is 4.21. The molecule has 0 amide bonds. The number of ether oxygens (including phenoxy) is 1. The van der Waals surface area contributed by atoms with Crippen LogP contribution in [0.25, 0.3) is 0 Å². The Balaban J connectivity index is 2.41. The fourth-order valence-corrected chi connectivity index (χ4v) is 1.21. The summed E-state index contributed by atoms with van der Waals surface area (Å²) in [5.74, 6) is 1.12. The van der Waals surface area contributed by atoms with Crippen molar-refractivity contribution >= 4 is 11.6 Å². The fraction of sp³-hybridized carbons (Fsp3) is 0.500. The van der Waals surface area contributed by atoms with Crippen LogP contribution in [-0.4, -0.2) is 11.6 Å². The third-order valence-corrected chi connectivity index (χ3v) is 2.51. The van der Waals surface area contributed by atoms with Gasteiger partial charge in [0.15, 0.2) is 0 Å². The molecule has 3 nitrogen and oxygen atoms in total. The predicted octanol–water partition coefficient (Wildman–Crippen LogP) is 3.14. The van der Waals surface area contributed by atoms with Crippen LogP contribution in [0.1, 0.15) is 26.0 Å². The fourth-order valence-electron chi connectivity index (χ4n) is 1.06. The number of aromatic nitrogens is 1. The highest BCUT2D eigenvalue weighted by Gasteiger charge is 2.16. The number of hydrogen-bond donors (Lipinski definition) is 0. The van der Waals surface area contributed by atoms with E-state index in [1.54, 1.807) is 6.20 Å². The maximum absolute atomic E-state index is 8.83. The molecule has 1 rings (SSSR count). The molecule has 0 radical (unpaired) electrons. The number of alkyl halides is 1. The molecule has 0 aliphatic rings. The Morgan fingerprint density at radius 3 is 2.75 bits per heavy atom. The SMILES string of the molecule is CC(C)(C#N)CCOc1ccc(CCl)nc1. The number of pyridine rings is 1. The summed E-state index contributed by atoms with van der Waals surface area (Å²) in [6.07, 6.45) is 2.35. The number of rotatable bonds is 5. The molecule has 0 bridgehead atoms. The highest BCUT2D eigenvalue weighted by Crippen LogP contribution is 2.19. The van der Waals surface area contributed by atoms with E-state index in [0.717, 1.165) is 5.69 Å². The molecular formula is C12H15ClN2O. The van der Waals surface area contributed by atoms with Crippen molar-refractivity contribution in [1.82, 2.24) is 4.98 Å². The molecule has 0 N–H and O–H groups in total. The molecule has 86 valence electrons. The molecule has 0 atom stereocenters. The van der Waals surface area contributed by atoms with Gasteiger partial charge in [0.25, 0.3) is 0 Å². The minimum absolute atomic E-state index is 0.344. The van der Waals surface area contributed by atoms with Crippen molar-refractivity contribution in [1.29, 1.82) is 5.26 Å². The number of nitrogens with zero attached hydrogens (tertiary/aromatic N) is 2. The van der Waals surface area contributed by atoms with Crippen molar-refractivity contribution in [2.45, 2.75) is 26.1 Å². The molecule has 16 heavy (non-hydrogen) atoms. The van der Waals surface area contributed by atoms with Gasteiger partial charge in [-0.3, -0.25) is 4.98 Å². The van der Waals surface area contributed by atoms with E-state index in [1.807, 2.05) is 26.0 Å². The van der Waals surface area contributed by atoms with Crippen LogP contribution < -0.4 is 4.74 Å². The monoisotopic (exact) mass is 238 g/mol. The lowest BCUT2D eigenvalue weighted by atomic mass is 9.92. The third kappa shape index (κ3) is 4.08.